The Labute approximate surface area is 66.9 Å². The van der Waals surface area contributed by atoms with E-state index in [0.29, 0.717) is 5.92 Å². The van der Waals surface area contributed by atoms with E-state index in [2.05, 4.69) is 18.8 Å². The maximum atomic E-state index is 8.73. The lowest BCUT2D eigenvalue weighted by Crippen LogP contribution is -1.93. The van der Waals surface area contributed by atoms with Crippen LogP contribution >= 0.6 is 0 Å². The number of hydrogen-bond donors (Lipinski definition) is 1. The minimum absolute atomic E-state index is 0.0748. The number of pyridine rings is 1. The van der Waals surface area contributed by atoms with Crippen molar-refractivity contribution in [1.29, 1.82) is 0 Å². The van der Waals surface area contributed by atoms with Gasteiger partial charge in [0.05, 0.1) is 6.61 Å². The van der Waals surface area contributed by atoms with Gasteiger partial charge in [0.1, 0.15) is 0 Å². The summed E-state index contributed by atoms with van der Waals surface area (Å²) < 4.78 is 0. The zero-order valence-corrected chi connectivity index (χ0v) is 6.91. The van der Waals surface area contributed by atoms with E-state index in [-0.39, 0.29) is 6.61 Å². The van der Waals surface area contributed by atoms with Gasteiger partial charge in [0.25, 0.3) is 0 Å². The van der Waals surface area contributed by atoms with Crippen molar-refractivity contribution in [2.45, 2.75) is 26.4 Å². The molecule has 1 aromatic rings. The van der Waals surface area contributed by atoms with Crippen LogP contribution in [0.2, 0.25) is 0 Å². The van der Waals surface area contributed by atoms with E-state index in [1.165, 1.54) is 0 Å². The number of aliphatic hydroxyl groups excluding tert-OH is 1. The fourth-order valence-electron chi connectivity index (χ4n) is 0.871. The van der Waals surface area contributed by atoms with Gasteiger partial charge in [-0.05, 0) is 17.5 Å². The summed E-state index contributed by atoms with van der Waals surface area (Å²) in [7, 11) is 0. The van der Waals surface area contributed by atoms with Gasteiger partial charge in [0, 0.05) is 11.9 Å². The molecular weight excluding hydrogens is 138 g/mol. The maximum Gasteiger partial charge on any atom is 0.0696 e. The third-order valence-electron chi connectivity index (χ3n) is 1.62. The van der Waals surface area contributed by atoms with Crippen LogP contribution < -0.4 is 0 Å². The number of rotatable bonds is 2. The fraction of sp³-hybridized carbons (Fsp3) is 0.444. The van der Waals surface area contributed by atoms with E-state index in [4.69, 9.17) is 5.11 Å². The summed E-state index contributed by atoms with van der Waals surface area (Å²) in [5.74, 6) is 0.461. The van der Waals surface area contributed by atoms with Gasteiger partial charge in [-0.25, -0.2) is 0 Å². The standard InChI is InChI=1S/C9H13NO/c1-7(2)9-4-3-8(6-11)5-10-9/h3-5,7,11H,6H2,1-2H3. The molecule has 0 bridgehead atoms. The Balaban J connectivity index is 2.83. The van der Waals surface area contributed by atoms with E-state index in [1.807, 2.05) is 12.1 Å². The number of aromatic nitrogens is 1. The predicted octanol–water partition coefficient (Wildman–Crippen LogP) is 1.70. The first-order valence-corrected chi connectivity index (χ1v) is 3.79. The van der Waals surface area contributed by atoms with Crippen molar-refractivity contribution in [3.8, 4) is 0 Å². The van der Waals surface area contributed by atoms with Gasteiger partial charge in [-0.1, -0.05) is 19.9 Å². The van der Waals surface area contributed by atoms with E-state index in [1.54, 1.807) is 6.20 Å². The zero-order chi connectivity index (χ0) is 8.27. The molecule has 1 aromatic heterocycles. The molecule has 2 nitrogen and oxygen atoms in total. The SMILES string of the molecule is CC(C)c1ccc(CO)cn1. The number of nitrogens with zero attached hydrogens (tertiary/aromatic N) is 1. The molecule has 1 rings (SSSR count). The van der Waals surface area contributed by atoms with Gasteiger partial charge in [-0.2, -0.15) is 0 Å². The molecule has 1 N–H and O–H groups in total. The lowest BCUT2D eigenvalue weighted by Gasteiger charge is -2.03. The normalized spacial score (nSPS) is 10.5. The average Bonchev–Trinajstić information content (AvgIpc) is 2.05. The molecule has 0 spiro atoms. The summed E-state index contributed by atoms with van der Waals surface area (Å²) in [4.78, 5) is 4.19. The topological polar surface area (TPSA) is 33.1 Å². The molecule has 60 valence electrons. The van der Waals surface area contributed by atoms with Crippen LogP contribution in [0.25, 0.3) is 0 Å². The van der Waals surface area contributed by atoms with E-state index >= 15 is 0 Å². The first-order chi connectivity index (χ1) is 5.24. The highest BCUT2D eigenvalue weighted by atomic mass is 16.3. The first-order valence-electron chi connectivity index (χ1n) is 3.79. The largest absolute Gasteiger partial charge is 0.392 e. The van der Waals surface area contributed by atoms with Gasteiger partial charge in [0.2, 0.25) is 0 Å². The Bertz CT molecular complexity index is 216. The number of hydrogen-bond acceptors (Lipinski definition) is 2. The highest BCUT2D eigenvalue weighted by Crippen LogP contribution is 2.10. The van der Waals surface area contributed by atoms with Gasteiger partial charge < -0.3 is 5.11 Å². The Kier molecular flexibility index (Phi) is 2.60. The second-order valence-electron chi connectivity index (χ2n) is 2.90. The monoisotopic (exact) mass is 151 g/mol. The van der Waals surface area contributed by atoms with Crippen LogP contribution in [0.15, 0.2) is 18.3 Å². The molecule has 11 heavy (non-hydrogen) atoms. The van der Waals surface area contributed by atoms with E-state index in [0.717, 1.165) is 11.3 Å². The summed E-state index contributed by atoms with van der Waals surface area (Å²) in [6.07, 6.45) is 1.72. The van der Waals surface area contributed by atoms with Crippen molar-refractivity contribution in [2.24, 2.45) is 0 Å². The highest BCUT2D eigenvalue weighted by Gasteiger charge is 1.98. The molecule has 0 atom stereocenters. The molecule has 0 saturated heterocycles. The van der Waals surface area contributed by atoms with Crippen LogP contribution in [0.3, 0.4) is 0 Å². The van der Waals surface area contributed by atoms with Crippen molar-refractivity contribution < 1.29 is 5.11 Å². The summed E-state index contributed by atoms with van der Waals surface area (Å²) in [6, 6.07) is 3.86. The second-order valence-corrected chi connectivity index (χ2v) is 2.90. The van der Waals surface area contributed by atoms with Crippen LogP contribution in [0, 0.1) is 0 Å². The van der Waals surface area contributed by atoms with E-state index < -0.39 is 0 Å². The lowest BCUT2D eigenvalue weighted by atomic mass is 10.1. The third kappa shape index (κ3) is 2.02. The third-order valence-corrected chi connectivity index (χ3v) is 1.62. The Hall–Kier alpha value is -0.890. The number of aliphatic hydroxyl groups is 1. The van der Waals surface area contributed by atoms with Crippen molar-refractivity contribution in [3.63, 3.8) is 0 Å². The van der Waals surface area contributed by atoms with Crippen molar-refractivity contribution in [3.05, 3.63) is 29.6 Å². The molecule has 1 heterocycles. The van der Waals surface area contributed by atoms with Crippen LogP contribution in [0.5, 0.6) is 0 Å². The second kappa shape index (κ2) is 3.49. The predicted molar refractivity (Wildman–Crippen MR) is 44.2 cm³/mol. The van der Waals surface area contributed by atoms with Crippen LogP contribution in [-0.4, -0.2) is 10.1 Å². The van der Waals surface area contributed by atoms with Gasteiger partial charge in [-0.15, -0.1) is 0 Å². The Morgan fingerprint density at radius 3 is 2.55 bits per heavy atom. The molecule has 0 aliphatic carbocycles. The summed E-state index contributed by atoms with van der Waals surface area (Å²) in [6.45, 7) is 4.27. The lowest BCUT2D eigenvalue weighted by molar-refractivity contribution is 0.281. The highest BCUT2D eigenvalue weighted by molar-refractivity contribution is 5.15. The molecule has 0 unspecified atom stereocenters. The van der Waals surface area contributed by atoms with Gasteiger partial charge in [0.15, 0.2) is 0 Å². The minimum atomic E-state index is 0.0748. The fourth-order valence-corrected chi connectivity index (χ4v) is 0.871. The smallest absolute Gasteiger partial charge is 0.0696 e. The molecule has 0 aliphatic heterocycles. The van der Waals surface area contributed by atoms with E-state index in [9.17, 15) is 0 Å². The van der Waals surface area contributed by atoms with Crippen molar-refractivity contribution in [2.75, 3.05) is 0 Å². The quantitative estimate of drug-likeness (QED) is 0.697. The van der Waals surface area contributed by atoms with Gasteiger partial charge >= 0.3 is 0 Å². The molecule has 0 aromatic carbocycles. The molecule has 0 aliphatic rings. The molecule has 0 radical (unpaired) electrons. The molecule has 2 heteroatoms. The molecule has 0 fully saturated rings. The van der Waals surface area contributed by atoms with Crippen LogP contribution in [-0.2, 0) is 6.61 Å². The van der Waals surface area contributed by atoms with Crippen molar-refractivity contribution >= 4 is 0 Å². The summed E-state index contributed by atoms with van der Waals surface area (Å²) in [5.41, 5.74) is 1.94. The molecular formula is C9H13NO. The zero-order valence-electron chi connectivity index (χ0n) is 6.91. The Morgan fingerprint density at radius 1 is 1.45 bits per heavy atom. The summed E-state index contributed by atoms with van der Waals surface area (Å²) >= 11 is 0. The molecule has 0 amide bonds. The van der Waals surface area contributed by atoms with Gasteiger partial charge in [-0.3, -0.25) is 4.98 Å². The Morgan fingerprint density at radius 2 is 2.18 bits per heavy atom. The summed E-state index contributed by atoms with van der Waals surface area (Å²) in [5, 5.41) is 8.73. The first kappa shape index (κ1) is 8.21. The minimum Gasteiger partial charge on any atom is -0.392 e. The van der Waals surface area contributed by atoms with Crippen LogP contribution in [0.1, 0.15) is 31.0 Å². The van der Waals surface area contributed by atoms with Crippen LogP contribution in [0.4, 0.5) is 0 Å². The van der Waals surface area contributed by atoms with Crippen molar-refractivity contribution in [1.82, 2.24) is 4.98 Å². The molecule has 0 saturated carbocycles. The average molecular weight is 151 g/mol. The maximum absolute atomic E-state index is 8.73.